The van der Waals surface area contributed by atoms with Crippen LogP contribution in [-0.2, 0) is 0 Å². The van der Waals surface area contributed by atoms with E-state index in [1.54, 1.807) is 11.3 Å². The summed E-state index contributed by atoms with van der Waals surface area (Å²) in [5, 5.41) is 11.3. The van der Waals surface area contributed by atoms with Crippen molar-refractivity contribution in [3.8, 4) is 16.9 Å². The molecule has 25 heavy (non-hydrogen) atoms. The lowest BCUT2D eigenvalue weighted by Gasteiger charge is -2.09. The van der Waals surface area contributed by atoms with Gasteiger partial charge in [-0.3, -0.25) is 4.57 Å². The van der Waals surface area contributed by atoms with Crippen molar-refractivity contribution in [2.45, 2.75) is 25.7 Å². The SMILES string of the molecule is Brc1ccc(-c2cs/c(=N\N=C3CCCC3)n2-c2ccccc2)cc1. The van der Waals surface area contributed by atoms with Gasteiger partial charge >= 0.3 is 0 Å². The first kappa shape index (κ1) is 16.5. The monoisotopic (exact) mass is 411 g/mol. The van der Waals surface area contributed by atoms with E-state index in [9.17, 15) is 0 Å². The molecule has 0 unspecified atom stereocenters. The Bertz CT molecular complexity index is 945. The molecule has 1 fully saturated rings. The largest absolute Gasteiger partial charge is 0.284 e. The fourth-order valence-corrected chi connectivity index (χ4v) is 4.15. The van der Waals surface area contributed by atoms with E-state index >= 15 is 0 Å². The van der Waals surface area contributed by atoms with Crippen LogP contribution in [0.2, 0.25) is 0 Å². The molecule has 0 bridgehead atoms. The van der Waals surface area contributed by atoms with Crippen molar-refractivity contribution in [1.29, 1.82) is 0 Å². The van der Waals surface area contributed by atoms with Crippen LogP contribution in [0.15, 0.2) is 74.7 Å². The Kier molecular flexibility index (Phi) is 4.95. The van der Waals surface area contributed by atoms with Gasteiger partial charge in [0.15, 0.2) is 0 Å². The molecule has 126 valence electrons. The van der Waals surface area contributed by atoms with Crippen molar-refractivity contribution in [3.63, 3.8) is 0 Å². The van der Waals surface area contributed by atoms with E-state index in [2.05, 4.69) is 84.6 Å². The fraction of sp³-hybridized carbons (Fsp3) is 0.200. The highest BCUT2D eigenvalue weighted by Gasteiger charge is 2.11. The number of benzene rings is 2. The van der Waals surface area contributed by atoms with Crippen LogP contribution in [0.3, 0.4) is 0 Å². The molecule has 3 nitrogen and oxygen atoms in total. The molecule has 1 aromatic heterocycles. The third-order valence-electron chi connectivity index (χ3n) is 4.32. The lowest BCUT2D eigenvalue weighted by atomic mass is 10.1. The van der Waals surface area contributed by atoms with E-state index < -0.39 is 0 Å². The molecule has 0 amide bonds. The van der Waals surface area contributed by atoms with Crippen LogP contribution in [0.1, 0.15) is 25.7 Å². The highest BCUT2D eigenvalue weighted by molar-refractivity contribution is 9.10. The number of halogens is 1. The van der Waals surface area contributed by atoms with Crippen molar-refractivity contribution in [2.24, 2.45) is 10.2 Å². The van der Waals surface area contributed by atoms with Crippen LogP contribution in [-0.4, -0.2) is 10.3 Å². The maximum atomic E-state index is 4.59. The standard InChI is InChI=1S/C20H18BrN3S/c21-16-12-10-15(11-13-16)19-14-25-20(23-22-17-6-4-5-7-17)24(19)18-8-2-1-3-9-18/h1-3,8-14H,4-7H2/b23-20-. The van der Waals surface area contributed by atoms with Crippen LogP contribution >= 0.6 is 27.3 Å². The molecule has 3 aromatic rings. The summed E-state index contributed by atoms with van der Waals surface area (Å²) in [4.78, 5) is 0.906. The average Bonchev–Trinajstić information content (AvgIpc) is 3.31. The maximum absolute atomic E-state index is 4.59. The van der Waals surface area contributed by atoms with Crippen LogP contribution in [0.4, 0.5) is 0 Å². The molecular formula is C20H18BrN3S. The number of para-hydroxylation sites is 1. The molecule has 0 atom stereocenters. The van der Waals surface area contributed by atoms with Gasteiger partial charge in [0.1, 0.15) is 0 Å². The molecule has 1 heterocycles. The summed E-state index contributed by atoms with van der Waals surface area (Å²) in [7, 11) is 0. The normalized spacial score (nSPS) is 14.9. The van der Waals surface area contributed by atoms with E-state index in [1.165, 1.54) is 24.1 Å². The molecule has 0 N–H and O–H groups in total. The van der Waals surface area contributed by atoms with Crippen LogP contribution in [0.25, 0.3) is 16.9 Å². The van der Waals surface area contributed by atoms with E-state index in [1.807, 2.05) is 6.07 Å². The number of thiazole rings is 1. The Morgan fingerprint density at radius 1 is 0.880 bits per heavy atom. The number of rotatable bonds is 3. The number of hydrogen-bond donors (Lipinski definition) is 0. The van der Waals surface area contributed by atoms with Crippen LogP contribution < -0.4 is 4.80 Å². The molecule has 1 aliphatic rings. The quantitative estimate of drug-likeness (QED) is 0.487. The van der Waals surface area contributed by atoms with Crippen molar-refractivity contribution in [1.82, 2.24) is 4.57 Å². The highest BCUT2D eigenvalue weighted by atomic mass is 79.9. The van der Waals surface area contributed by atoms with Crippen molar-refractivity contribution >= 4 is 33.0 Å². The minimum Gasteiger partial charge on any atom is -0.284 e. The van der Waals surface area contributed by atoms with Crippen molar-refractivity contribution in [3.05, 3.63) is 69.3 Å². The summed E-state index contributed by atoms with van der Waals surface area (Å²) in [6.45, 7) is 0. The Balaban J connectivity index is 1.86. The summed E-state index contributed by atoms with van der Waals surface area (Å²) in [5.74, 6) is 0. The number of hydrogen-bond acceptors (Lipinski definition) is 3. The Hall–Kier alpha value is -1.98. The molecule has 0 saturated heterocycles. The molecule has 5 heteroatoms. The summed E-state index contributed by atoms with van der Waals surface area (Å²) >= 11 is 5.14. The number of aromatic nitrogens is 1. The van der Waals surface area contributed by atoms with Crippen LogP contribution in [0.5, 0.6) is 0 Å². The molecule has 0 spiro atoms. The van der Waals surface area contributed by atoms with E-state index in [4.69, 9.17) is 0 Å². The predicted octanol–water partition coefficient (Wildman–Crippen LogP) is 5.80. The molecule has 0 aliphatic heterocycles. The first-order valence-corrected chi connectivity index (χ1v) is 10.1. The predicted molar refractivity (Wildman–Crippen MR) is 108 cm³/mol. The number of nitrogens with zero attached hydrogens (tertiary/aromatic N) is 3. The second kappa shape index (κ2) is 7.50. The van der Waals surface area contributed by atoms with Crippen LogP contribution in [0, 0.1) is 0 Å². The maximum Gasteiger partial charge on any atom is 0.215 e. The first-order chi connectivity index (χ1) is 12.3. The summed E-state index contributed by atoms with van der Waals surface area (Å²) < 4.78 is 3.27. The Morgan fingerprint density at radius 3 is 2.32 bits per heavy atom. The minimum atomic E-state index is 0.906. The molecule has 2 aromatic carbocycles. The van der Waals surface area contributed by atoms with E-state index in [0.29, 0.717) is 0 Å². The van der Waals surface area contributed by atoms with Gasteiger partial charge in [0, 0.05) is 21.3 Å². The highest BCUT2D eigenvalue weighted by Crippen LogP contribution is 2.25. The Morgan fingerprint density at radius 2 is 1.60 bits per heavy atom. The van der Waals surface area contributed by atoms with Gasteiger partial charge in [0.25, 0.3) is 0 Å². The summed E-state index contributed by atoms with van der Waals surface area (Å²) in [6, 6.07) is 18.7. The van der Waals surface area contributed by atoms with Crippen molar-refractivity contribution < 1.29 is 0 Å². The molecule has 1 saturated carbocycles. The minimum absolute atomic E-state index is 0.906. The van der Waals surface area contributed by atoms with Crippen molar-refractivity contribution in [2.75, 3.05) is 0 Å². The zero-order valence-electron chi connectivity index (χ0n) is 13.7. The van der Waals surface area contributed by atoms with Gasteiger partial charge in [-0.05, 0) is 55.5 Å². The lowest BCUT2D eigenvalue weighted by molar-refractivity contribution is 0.886. The van der Waals surface area contributed by atoms with Gasteiger partial charge in [-0.15, -0.1) is 16.4 Å². The third kappa shape index (κ3) is 3.67. The average molecular weight is 412 g/mol. The van der Waals surface area contributed by atoms with Gasteiger partial charge in [0.2, 0.25) is 4.80 Å². The molecular weight excluding hydrogens is 394 g/mol. The second-order valence-electron chi connectivity index (χ2n) is 6.05. The van der Waals surface area contributed by atoms with Gasteiger partial charge < -0.3 is 0 Å². The summed E-state index contributed by atoms with van der Waals surface area (Å²) in [5.41, 5.74) is 4.62. The summed E-state index contributed by atoms with van der Waals surface area (Å²) in [6.07, 6.45) is 4.64. The Labute approximate surface area is 159 Å². The molecule has 4 rings (SSSR count). The van der Waals surface area contributed by atoms with E-state index in [0.717, 1.165) is 33.5 Å². The topological polar surface area (TPSA) is 29.6 Å². The van der Waals surface area contributed by atoms with Gasteiger partial charge in [-0.1, -0.05) is 46.3 Å². The van der Waals surface area contributed by atoms with Gasteiger partial charge in [-0.25, -0.2) is 0 Å². The second-order valence-corrected chi connectivity index (χ2v) is 7.81. The lowest BCUT2D eigenvalue weighted by Crippen LogP contribution is -2.13. The third-order valence-corrected chi connectivity index (χ3v) is 5.67. The van der Waals surface area contributed by atoms with E-state index in [-0.39, 0.29) is 0 Å². The van der Waals surface area contributed by atoms with Gasteiger partial charge in [0.05, 0.1) is 5.69 Å². The molecule has 1 aliphatic carbocycles. The zero-order chi connectivity index (χ0) is 17.1. The smallest absolute Gasteiger partial charge is 0.215 e. The first-order valence-electron chi connectivity index (χ1n) is 8.42. The molecule has 0 radical (unpaired) electrons. The zero-order valence-corrected chi connectivity index (χ0v) is 16.1. The van der Waals surface area contributed by atoms with Gasteiger partial charge in [-0.2, -0.15) is 5.10 Å². The fourth-order valence-electron chi connectivity index (χ4n) is 3.03.